The predicted molar refractivity (Wildman–Crippen MR) is 77.5 cm³/mol. The van der Waals surface area contributed by atoms with Crippen LogP contribution in [0.1, 0.15) is 0 Å². The first-order valence-corrected chi connectivity index (χ1v) is 9.93. The lowest BCUT2D eigenvalue weighted by atomic mass is 10.1. The van der Waals surface area contributed by atoms with Crippen molar-refractivity contribution in [1.29, 1.82) is 0 Å². The molecule has 0 radical (unpaired) electrons. The highest BCUT2D eigenvalue weighted by atomic mass is 28.3. The summed E-state index contributed by atoms with van der Waals surface area (Å²) in [7, 11) is 1.97. The summed E-state index contributed by atoms with van der Waals surface area (Å²) in [6, 6.07) is 0. The zero-order chi connectivity index (χ0) is 14.3. The molecule has 0 unspecified atom stereocenters. The average molecular weight is 284 g/mol. The molecule has 1 aliphatic heterocycles. The molecule has 3 atom stereocenters. The van der Waals surface area contributed by atoms with E-state index in [4.69, 9.17) is 18.9 Å². The third kappa shape index (κ3) is 6.37. The molecular formula is C14H24O4Si. The molecule has 0 bridgehead atoms. The molecule has 0 aromatic rings. The van der Waals surface area contributed by atoms with Gasteiger partial charge in [0, 0.05) is 14.2 Å². The van der Waals surface area contributed by atoms with Crippen LogP contribution in [0.3, 0.4) is 0 Å². The van der Waals surface area contributed by atoms with Crippen LogP contribution in [0.15, 0.2) is 12.2 Å². The summed E-state index contributed by atoms with van der Waals surface area (Å²) in [5.41, 5.74) is 3.25. The molecule has 19 heavy (non-hydrogen) atoms. The maximum Gasteiger partial charge on any atom is 0.178 e. The van der Waals surface area contributed by atoms with E-state index < -0.39 is 8.07 Å². The number of hydrogen-bond donors (Lipinski definition) is 0. The molecule has 1 aliphatic rings. The molecule has 0 aromatic carbocycles. The van der Waals surface area contributed by atoms with E-state index >= 15 is 0 Å². The van der Waals surface area contributed by atoms with Crippen molar-refractivity contribution in [1.82, 2.24) is 0 Å². The van der Waals surface area contributed by atoms with Gasteiger partial charge in [0.25, 0.3) is 0 Å². The summed E-state index contributed by atoms with van der Waals surface area (Å²) in [5, 5.41) is 0. The van der Waals surface area contributed by atoms with Crippen molar-refractivity contribution in [2.45, 2.75) is 38.1 Å². The summed E-state index contributed by atoms with van der Waals surface area (Å²) in [5.74, 6) is 3.06. The SMILES string of the molecule is COC[C@H]1O[C@H](OCC#C[Si](C)(C)C)C=C[C@@H]1OC. The van der Waals surface area contributed by atoms with Gasteiger partial charge in [-0.25, -0.2) is 0 Å². The Morgan fingerprint density at radius 3 is 2.53 bits per heavy atom. The zero-order valence-corrected chi connectivity index (χ0v) is 13.4. The first kappa shape index (κ1) is 16.4. The quantitative estimate of drug-likeness (QED) is 0.438. The van der Waals surface area contributed by atoms with Crippen LogP contribution in [0.25, 0.3) is 0 Å². The van der Waals surface area contributed by atoms with Crippen LogP contribution in [0.5, 0.6) is 0 Å². The lowest BCUT2D eigenvalue weighted by molar-refractivity contribution is -0.181. The van der Waals surface area contributed by atoms with Gasteiger partial charge in [-0.2, -0.15) is 0 Å². The van der Waals surface area contributed by atoms with Crippen LogP contribution in [0.2, 0.25) is 19.6 Å². The third-order valence-electron chi connectivity index (χ3n) is 2.52. The van der Waals surface area contributed by atoms with Gasteiger partial charge in [0.15, 0.2) is 6.29 Å². The first-order valence-electron chi connectivity index (χ1n) is 6.43. The summed E-state index contributed by atoms with van der Waals surface area (Å²) in [6.07, 6.45) is 3.20. The van der Waals surface area contributed by atoms with Crippen LogP contribution in [0, 0.1) is 11.5 Å². The predicted octanol–water partition coefficient (Wildman–Crippen LogP) is 1.83. The second-order valence-corrected chi connectivity index (χ2v) is 10.2. The van der Waals surface area contributed by atoms with Crippen molar-refractivity contribution in [3.05, 3.63) is 12.2 Å². The maximum absolute atomic E-state index is 5.75. The van der Waals surface area contributed by atoms with Gasteiger partial charge in [0.1, 0.15) is 26.9 Å². The van der Waals surface area contributed by atoms with Gasteiger partial charge < -0.3 is 18.9 Å². The van der Waals surface area contributed by atoms with Crippen molar-refractivity contribution in [3.8, 4) is 11.5 Å². The van der Waals surface area contributed by atoms with Crippen molar-refractivity contribution >= 4 is 8.07 Å². The molecule has 5 heteroatoms. The summed E-state index contributed by atoms with van der Waals surface area (Å²) in [6.45, 7) is 7.47. The number of rotatable bonds is 5. The Kier molecular flexibility index (Phi) is 6.76. The normalized spacial score (nSPS) is 26.9. The van der Waals surface area contributed by atoms with Crippen molar-refractivity contribution in [2.24, 2.45) is 0 Å². The van der Waals surface area contributed by atoms with E-state index in [1.807, 2.05) is 12.2 Å². The minimum Gasteiger partial charge on any atom is -0.382 e. The van der Waals surface area contributed by atoms with Crippen LogP contribution >= 0.6 is 0 Å². The largest absolute Gasteiger partial charge is 0.382 e. The lowest BCUT2D eigenvalue weighted by Crippen LogP contribution is -2.40. The Bertz CT molecular complexity index is 351. The number of ether oxygens (including phenoxy) is 4. The van der Waals surface area contributed by atoms with Crippen molar-refractivity contribution < 1.29 is 18.9 Å². The van der Waals surface area contributed by atoms with E-state index in [0.29, 0.717) is 13.2 Å². The fourth-order valence-corrected chi connectivity index (χ4v) is 2.27. The Morgan fingerprint density at radius 1 is 1.21 bits per heavy atom. The minimum atomic E-state index is -1.33. The Morgan fingerprint density at radius 2 is 1.95 bits per heavy atom. The Labute approximate surface area is 117 Å². The summed E-state index contributed by atoms with van der Waals surface area (Å²) < 4.78 is 21.7. The lowest BCUT2D eigenvalue weighted by Gasteiger charge is -2.30. The molecule has 0 aliphatic carbocycles. The monoisotopic (exact) mass is 284 g/mol. The van der Waals surface area contributed by atoms with E-state index in [2.05, 4.69) is 31.1 Å². The molecule has 0 saturated carbocycles. The first-order chi connectivity index (χ1) is 8.96. The van der Waals surface area contributed by atoms with Gasteiger partial charge in [-0.3, -0.25) is 0 Å². The second kappa shape index (κ2) is 7.83. The molecule has 0 N–H and O–H groups in total. The third-order valence-corrected chi connectivity index (χ3v) is 3.45. The smallest absolute Gasteiger partial charge is 0.178 e. The Hall–Kier alpha value is -0.643. The fraction of sp³-hybridized carbons (Fsp3) is 0.714. The molecular weight excluding hydrogens is 260 g/mol. The number of hydrogen-bond acceptors (Lipinski definition) is 4. The maximum atomic E-state index is 5.75. The van der Waals surface area contributed by atoms with Crippen LogP contribution in [-0.2, 0) is 18.9 Å². The molecule has 0 saturated heterocycles. The van der Waals surface area contributed by atoms with E-state index in [-0.39, 0.29) is 18.5 Å². The highest BCUT2D eigenvalue weighted by Crippen LogP contribution is 2.16. The van der Waals surface area contributed by atoms with E-state index in [1.54, 1.807) is 14.2 Å². The average Bonchev–Trinajstić information content (AvgIpc) is 2.34. The summed E-state index contributed by atoms with van der Waals surface area (Å²) in [4.78, 5) is 0. The molecule has 1 rings (SSSR count). The van der Waals surface area contributed by atoms with E-state index in [9.17, 15) is 0 Å². The van der Waals surface area contributed by atoms with Crippen LogP contribution in [0.4, 0.5) is 0 Å². The molecule has 0 spiro atoms. The van der Waals surface area contributed by atoms with Crippen LogP contribution in [-0.4, -0.2) is 54.0 Å². The molecule has 0 amide bonds. The standard InChI is InChI=1S/C14H24O4Si/c1-15-11-13-12(16-2)7-8-14(18-13)17-9-6-10-19(3,4)5/h7-8,12-14H,9,11H2,1-5H3/t12-,13+,14-/m0/s1. The highest BCUT2D eigenvalue weighted by molar-refractivity contribution is 6.83. The van der Waals surface area contributed by atoms with Crippen molar-refractivity contribution in [3.63, 3.8) is 0 Å². The highest BCUT2D eigenvalue weighted by Gasteiger charge is 2.27. The second-order valence-electron chi connectivity index (χ2n) is 5.45. The molecule has 108 valence electrons. The zero-order valence-electron chi connectivity index (χ0n) is 12.4. The van der Waals surface area contributed by atoms with Gasteiger partial charge in [-0.15, -0.1) is 5.54 Å². The van der Waals surface area contributed by atoms with Crippen molar-refractivity contribution in [2.75, 3.05) is 27.4 Å². The summed E-state index contributed by atoms with van der Waals surface area (Å²) >= 11 is 0. The Balaban J connectivity index is 2.45. The van der Waals surface area contributed by atoms with Gasteiger partial charge in [-0.05, 0) is 6.08 Å². The van der Waals surface area contributed by atoms with Gasteiger partial charge >= 0.3 is 0 Å². The van der Waals surface area contributed by atoms with E-state index in [0.717, 1.165) is 0 Å². The van der Waals surface area contributed by atoms with Gasteiger partial charge in [0.05, 0.1) is 6.61 Å². The fourth-order valence-electron chi connectivity index (χ4n) is 1.67. The topological polar surface area (TPSA) is 36.9 Å². The van der Waals surface area contributed by atoms with E-state index in [1.165, 1.54) is 0 Å². The molecule has 1 heterocycles. The van der Waals surface area contributed by atoms with Crippen LogP contribution < -0.4 is 0 Å². The van der Waals surface area contributed by atoms with Gasteiger partial charge in [0.2, 0.25) is 0 Å². The molecule has 0 aromatic heterocycles. The number of methoxy groups -OCH3 is 2. The minimum absolute atomic E-state index is 0.0899. The van der Waals surface area contributed by atoms with Gasteiger partial charge in [-0.1, -0.05) is 31.6 Å². The molecule has 0 fully saturated rings. The molecule has 4 nitrogen and oxygen atoms in total.